The number of nitrogens with two attached hydrogens (primary N) is 3. The summed E-state index contributed by atoms with van der Waals surface area (Å²) < 4.78 is 25.4. The number of morpholine rings is 1. The number of anilines is 1. The number of phenolic OH excluding ortho intramolecular Hbond substituents is 1. The van der Waals surface area contributed by atoms with Gasteiger partial charge in [0.2, 0.25) is 12.3 Å². The fourth-order valence-electron chi connectivity index (χ4n) is 9.88. The Morgan fingerprint density at radius 1 is 0.969 bits per heavy atom. The monoisotopic (exact) mass is 890 g/mol. The van der Waals surface area contributed by atoms with Crippen molar-refractivity contribution in [2.24, 2.45) is 17.2 Å². The highest BCUT2D eigenvalue weighted by atomic mass is 19.1. The summed E-state index contributed by atoms with van der Waals surface area (Å²) >= 11 is 0. The van der Waals surface area contributed by atoms with E-state index in [4.69, 9.17) is 21.9 Å². The number of nitrogens with zero attached hydrogens (tertiary/aromatic N) is 4. The molecule has 65 heavy (non-hydrogen) atoms. The zero-order chi connectivity index (χ0) is 46.0. The van der Waals surface area contributed by atoms with E-state index in [1.807, 2.05) is 45.0 Å². The molecule has 9 N–H and O–H groups in total. The zero-order valence-corrected chi connectivity index (χ0v) is 37.8. The predicted molar refractivity (Wildman–Crippen MR) is 251 cm³/mol. The van der Waals surface area contributed by atoms with Gasteiger partial charge in [-0.05, 0) is 112 Å². The first-order chi connectivity index (χ1) is 31.2. The van der Waals surface area contributed by atoms with Gasteiger partial charge in [0.1, 0.15) is 23.3 Å². The van der Waals surface area contributed by atoms with Crippen molar-refractivity contribution >= 4 is 40.5 Å². The number of amides is 3. The van der Waals surface area contributed by atoms with Crippen LogP contribution in [0.25, 0.3) is 16.6 Å². The van der Waals surface area contributed by atoms with Crippen molar-refractivity contribution in [3.63, 3.8) is 0 Å². The molecule has 346 valence electrons. The normalized spacial score (nSPS) is 21.8. The number of nitrogens with one attached hydrogen (secondary N) is 2. The van der Waals surface area contributed by atoms with Crippen molar-refractivity contribution in [2.45, 2.75) is 102 Å². The maximum atomic E-state index is 16.5. The van der Waals surface area contributed by atoms with E-state index >= 15 is 4.39 Å². The van der Waals surface area contributed by atoms with E-state index in [9.17, 15) is 19.5 Å². The molecule has 3 aliphatic heterocycles. The Labute approximate surface area is 380 Å². The molecule has 15 heteroatoms. The minimum absolute atomic E-state index is 0.0539. The molecular formula is C50H64FN9O5. The number of ether oxygens (including phenoxy) is 1. The standard InChI is InChI=1S/C50H64FN9O5/c1-31-24-43-39(25-42(31)56-47(63)14-19-55-30-61)40(34-8-9-34)27-60(43)37-15-20-57(21-16-37)29-50(51)17-22-58(23-18-50)49(64)36-12-10-35(11-13-36)46-28-59(32(2)33(3)65-46)44(48(53)54)26-41(52)38-6-4-5-7-45(38)62/h4-7,10-13,24-27,30,32-34,37,46,62H,8-9,14-23,28-29,52-54H2,1-3H3,(H,55,61)(H,56,63)/b41-26-. The number of hydrogen-bond acceptors (Lipinski definition) is 10. The molecular weight excluding hydrogens is 826 g/mol. The number of aromatic hydroxyl groups is 1. The molecule has 4 heterocycles. The van der Waals surface area contributed by atoms with Crippen LogP contribution in [0, 0.1) is 6.92 Å². The summed E-state index contributed by atoms with van der Waals surface area (Å²) in [5, 5.41) is 17.1. The highest BCUT2D eigenvalue weighted by Gasteiger charge is 2.39. The number of benzene rings is 3. The third-order valence-electron chi connectivity index (χ3n) is 14.0. The minimum atomic E-state index is -1.37. The van der Waals surface area contributed by atoms with Gasteiger partial charge in [-0.25, -0.2) is 4.39 Å². The van der Waals surface area contributed by atoms with Crippen LogP contribution in [0.15, 0.2) is 84.5 Å². The van der Waals surface area contributed by atoms with Crippen LogP contribution in [0.2, 0.25) is 0 Å². The van der Waals surface area contributed by atoms with Gasteiger partial charge in [0.25, 0.3) is 5.91 Å². The predicted octanol–water partition coefficient (Wildman–Crippen LogP) is 6.13. The molecule has 3 aromatic carbocycles. The van der Waals surface area contributed by atoms with Gasteiger partial charge in [-0.3, -0.25) is 14.4 Å². The van der Waals surface area contributed by atoms with Gasteiger partial charge in [0, 0.05) is 111 Å². The van der Waals surface area contributed by atoms with Crippen LogP contribution in [0.5, 0.6) is 5.75 Å². The minimum Gasteiger partial charge on any atom is -0.507 e. The molecule has 3 saturated heterocycles. The van der Waals surface area contributed by atoms with E-state index in [1.165, 1.54) is 16.5 Å². The van der Waals surface area contributed by atoms with E-state index in [-0.39, 0.29) is 48.1 Å². The van der Waals surface area contributed by atoms with Gasteiger partial charge < -0.3 is 56.9 Å². The third-order valence-corrected chi connectivity index (χ3v) is 14.0. The van der Waals surface area contributed by atoms with Crippen LogP contribution < -0.4 is 27.8 Å². The summed E-state index contributed by atoms with van der Waals surface area (Å²) in [5.41, 5.74) is 24.6. The first kappa shape index (κ1) is 45.5. The number of halogens is 1. The first-order valence-electron chi connectivity index (χ1n) is 23.1. The molecule has 0 spiro atoms. The van der Waals surface area contributed by atoms with Gasteiger partial charge in [0.15, 0.2) is 0 Å². The number of carbonyl (C=O) groups excluding carboxylic acids is 3. The Balaban J connectivity index is 0.849. The van der Waals surface area contributed by atoms with E-state index in [1.54, 1.807) is 35.2 Å². The number of para-hydroxylation sites is 1. The molecule has 3 unspecified atom stereocenters. The highest BCUT2D eigenvalue weighted by molar-refractivity contribution is 5.97. The summed E-state index contributed by atoms with van der Waals surface area (Å²) in [4.78, 5) is 43.0. The number of aryl methyl sites for hydroxylation is 1. The Bertz CT molecular complexity index is 2440. The number of phenols is 1. The molecule has 1 aromatic heterocycles. The molecule has 4 aliphatic rings. The van der Waals surface area contributed by atoms with E-state index in [0.29, 0.717) is 86.5 Å². The van der Waals surface area contributed by atoms with Gasteiger partial charge in [-0.2, -0.15) is 0 Å². The Morgan fingerprint density at radius 3 is 2.34 bits per heavy atom. The first-order valence-corrected chi connectivity index (χ1v) is 23.1. The number of alkyl halides is 1. The maximum absolute atomic E-state index is 16.5. The van der Waals surface area contributed by atoms with Crippen LogP contribution in [0.1, 0.15) is 109 Å². The molecule has 3 amide bonds. The molecule has 14 nitrogen and oxygen atoms in total. The van der Waals surface area contributed by atoms with Crippen molar-refractivity contribution < 1.29 is 28.6 Å². The number of likely N-dealkylation sites (tertiary alicyclic amines) is 2. The number of carbonyl (C=O) groups is 3. The summed E-state index contributed by atoms with van der Waals surface area (Å²) in [6.07, 6.45) is 9.01. The maximum Gasteiger partial charge on any atom is 0.253 e. The quantitative estimate of drug-likeness (QED) is 0.0487. The lowest BCUT2D eigenvalue weighted by Crippen LogP contribution is -2.51. The molecule has 8 rings (SSSR count). The average Bonchev–Trinajstić information content (AvgIpc) is 4.08. The van der Waals surface area contributed by atoms with Gasteiger partial charge >= 0.3 is 0 Å². The van der Waals surface area contributed by atoms with Gasteiger partial charge in [-0.1, -0.05) is 24.3 Å². The Hall–Kier alpha value is -6.06. The Kier molecular flexibility index (Phi) is 13.4. The van der Waals surface area contributed by atoms with Crippen molar-refractivity contribution in [3.05, 3.63) is 112 Å². The lowest BCUT2D eigenvalue weighted by atomic mass is 9.91. The van der Waals surface area contributed by atoms with Crippen molar-refractivity contribution in [2.75, 3.05) is 51.1 Å². The zero-order valence-electron chi connectivity index (χ0n) is 37.8. The van der Waals surface area contributed by atoms with Crippen LogP contribution >= 0.6 is 0 Å². The van der Waals surface area contributed by atoms with Crippen LogP contribution in [0.4, 0.5) is 10.1 Å². The molecule has 0 radical (unpaired) electrons. The summed E-state index contributed by atoms with van der Waals surface area (Å²) in [5.74, 6) is 0.433. The molecule has 1 aliphatic carbocycles. The molecule has 1 saturated carbocycles. The second kappa shape index (κ2) is 19.2. The highest BCUT2D eigenvalue weighted by Crippen LogP contribution is 2.46. The van der Waals surface area contributed by atoms with Crippen LogP contribution in [0.3, 0.4) is 0 Å². The topological polar surface area (TPSA) is 197 Å². The number of allylic oxidation sites excluding steroid dienone is 1. The number of fused-ring (bicyclic) bond motifs is 1. The smallest absolute Gasteiger partial charge is 0.253 e. The number of rotatable bonds is 14. The third kappa shape index (κ3) is 10.1. The van der Waals surface area contributed by atoms with Crippen molar-refractivity contribution in [1.82, 2.24) is 24.6 Å². The summed E-state index contributed by atoms with van der Waals surface area (Å²) in [6.45, 7) is 9.42. The van der Waals surface area contributed by atoms with E-state index < -0.39 is 5.67 Å². The van der Waals surface area contributed by atoms with E-state index in [2.05, 4.69) is 43.3 Å². The number of hydrogen-bond donors (Lipinski definition) is 6. The largest absolute Gasteiger partial charge is 0.507 e. The second-order valence-corrected chi connectivity index (χ2v) is 18.6. The van der Waals surface area contributed by atoms with Gasteiger partial charge in [-0.15, -0.1) is 0 Å². The van der Waals surface area contributed by atoms with Crippen molar-refractivity contribution in [1.29, 1.82) is 0 Å². The van der Waals surface area contributed by atoms with Crippen molar-refractivity contribution in [3.8, 4) is 5.75 Å². The summed E-state index contributed by atoms with van der Waals surface area (Å²) in [7, 11) is 0. The second-order valence-electron chi connectivity index (χ2n) is 18.6. The molecule has 3 atom stereocenters. The SMILES string of the molecule is Cc1cc2c(cc1NC(=O)CCNC=O)c(C1CC1)cn2C1CCN(CC2(F)CCN(C(=O)c3ccc(C4CN(C(/C=C(\N)c5ccccc5O)=C(N)N)C(C)C(C)O4)cc3)CC2)CC1. The number of piperidine rings is 2. The number of aromatic nitrogens is 1. The summed E-state index contributed by atoms with van der Waals surface area (Å²) in [6, 6.07) is 18.8. The fourth-order valence-corrected chi connectivity index (χ4v) is 9.88. The molecule has 4 fully saturated rings. The van der Waals surface area contributed by atoms with Crippen LogP contribution in [-0.2, 0) is 14.3 Å². The van der Waals surface area contributed by atoms with Crippen LogP contribution in [-0.4, -0.2) is 106 Å². The Morgan fingerprint density at radius 2 is 1.68 bits per heavy atom. The lowest BCUT2D eigenvalue weighted by Gasteiger charge is -2.44. The fraction of sp³-hybridized carbons (Fsp3) is 0.460. The lowest BCUT2D eigenvalue weighted by molar-refractivity contribution is -0.116. The molecule has 0 bridgehead atoms. The average molecular weight is 890 g/mol. The van der Waals surface area contributed by atoms with E-state index in [0.717, 1.165) is 55.6 Å². The molecule has 4 aromatic rings. The van der Waals surface area contributed by atoms with Gasteiger partial charge in [0.05, 0.1) is 17.8 Å².